The first-order valence-corrected chi connectivity index (χ1v) is 10.9. The highest BCUT2D eigenvalue weighted by Gasteiger charge is 2.17. The number of methoxy groups -OCH3 is 1. The molecule has 1 atom stereocenters. The Labute approximate surface area is 197 Å². The van der Waals surface area contributed by atoms with E-state index in [1.54, 1.807) is 18.1 Å². The Morgan fingerprint density at radius 3 is 2.47 bits per heavy atom. The highest BCUT2D eigenvalue weighted by Crippen LogP contribution is 2.27. The van der Waals surface area contributed by atoms with Crippen LogP contribution in [0.4, 0.5) is 0 Å². The largest absolute Gasteiger partial charge is 0.497 e. The summed E-state index contributed by atoms with van der Waals surface area (Å²) in [6.07, 6.45) is 3.14. The topological polar surface area (TPSA) is 81.9 Å². The Morgan fingerprint density at radius 1 is 1.00 bits per heavy atom. The number of hydrogen-bond donors (Lipinski definition) is 1. The second-order valence-electron chi connectivity index (χ2n) is 7.93. The van der Waals surface area contributed by atoms with Crippen molar-refractivity contribution in [1.82, 2.24) is 25.1 Å². The summed E-state index contributed by atoms with van der Waals surface area (Å²) < 4.78 is 6.95. The maximum Gasteiger partial charge on any atom is 0.252 e. The van der Waals surface area contributed by atoms with Crippen molar-refractivity contribution < 1.29 is 9.53 Å². The molecule has 1 N–H and O–H groups in total. The van der Waals surface area contributed by atoms with Gasteiger partial charge in [0.15, 0.2) is 0 Å². The molecule has 0 saturated carbocycles. The van der Waals surface area contributed by atoms with Gasteiger partial charge in [0.25, 0.3) is 5.91 Å². The SMILES string of the molecule is COc1ccc(-c2cc(C(=O)NC(C)c3ccc(-n4cncn4)cc3)c3ccccc3n2)cc1. The smallest absolute Gasteiger partial charge is 0.252 e. The number of para-hydroxylation sites is 1. The molecule has 7 heteroatoms. The van der Waals surface area contributed by atoms with Gasteiger partial charge >= 0.3 is 0 Å². The van der Waals surface area contributed by atoms with Gasteiger partial charge in [-0.2, -0.15) is 5.10 Å². The molecule has 0 aliphatic rings. The number of carbonyl (C=O) groups is 1. The molecule has 0 aliphatic heterocycles. The maximum absolute atomic E-state index is 13.4. The van der Waals surface area contributed by atoms with Crippen molar-refractivity contribution >= 4 is 16.8 Å². The number of nitrogens with one attached hydrogen (secondary N) is 1. The minimum absolute atomic E-state index is 0.152. The molecule has 2 aromatic heterocycles. The Kier molecular flexibility index (Phi) is 5.74. The minimum atomic E-state index is -0.186. The lowest BCUT2D eigenvalue weighted by atomic mass is 10.0. The third kappa shape index (κ3) is 4.23. The van der Waals surface area contributed by atoms with E-state index in [0.29, 0.717) is 5.56 Å². The zero-order valence-electron chi connectivity index (χ0n) is 18.8. The number of carbonyl (C=O) groups excluding carboxylic acids is 1. The van der Waals surface area contributed by atoms with Crippen molar-refractivity contribution in [2.24, 2.45) is 0 Å². The zero-order chi connectivity index (χ0) is 23.5. The monoisotopic (exact) mass is 449 g/mol. The predicted molar refractivity (Wildman–Crippen MR) is 131 cm³/mol. The Balaban J connectivity index is 1.43. The summed E-state index contributed by atoms with van der Waals surface area (Å²) in [5.41, 5.74) is 4.90. The van der Waals surface area contributed by atoms with Crippen LogP contribution in [0.1, 0.15) is 28.9 Å². The molecular weight excluding hydrogens is 426 g/mol. The third-order valence-electron chi connectivity index (χ3n) is 5.77. The van der Waals surface area contributed by atoms with Crippen molar-refractivity contribution in [1.29, 1.82) is 0 Å². The lowest BCUT2D eigenvalue weighted by Gasteiger charge is -2.16. The summed E-state index contributed by atoms with van der Waals surface area (Å²) in [4.78, 5) is 22.2. The normalized spacial score (nSPS) is 11.8. The third-order valence-corrected chi connectivity index (χ3v) is 5.77. The lowest BCUT2D eigenvalue weighted by molar-refractivity contribution is 0.0941. The summed E-state index contributed by atoms with van der Waals surface area (Å²) in [5, 5.41) is 8.09. The fourth-order valence-electron chi connectivity index (χ4n) is 3.89. The van der Waals surface area contributed by atoms with Gasteiger partial charge in [0.2, 0.25) is 0 Å². The van der Waals surface area contributed by atoms with Crippen LogP contribution in [-0.4, -0.2) is 32.8 Å². The molecule has 3 aromatic carbocycles. The van der Waals surface area contributed by atoms with E-state index in [4.69, 9.17) is 9.72 Å². The van der Waals surface area contributed by atoms with Crippen LogP contribution in [0.5, 0.6) is 5.75 Å². The second kappa shape index (κ2) is 9.15. The number of pyridine rings is 1. The summed E-state index contributed by atoms with van der Waals surface area (Å²) in [5.74, 6) is 0.618. The van der Waals surface area contributed by atoms with E-state index in [1.165, 1.54) is 6.33 Å². The maximum atomic E-state index is 13.4. The molecule has 7 nitrogen and oxygen atoms in total. The molecule has 0 bridgehead atoms. The number of hydrogen-bond acceptors (Lipinski definition) is 5. The average molecular weight is 450 g/mol. The van der Waals surface area contributed by atoms with E-state index in [1.807, 2.05) is 85.8 Å². The van der Waals surface area contributed by atoms with E-state index in [0.717, 1.165) is 39.2 Å². The van der Waals surface area contributed by atoms with Crippen molar-refractivity contribution in [2.75, 3.05) is 7.11 Å². The molecule has 0 fully saturated rings. The van der Waals surface area contributed by atoms with E-state index in [-0.39, 0.29) is 11.9 Å². The van der Waals surface area contributed by atoms with Crippen molar-refractivity contribution in [3.05, 3.63) is 103 Å². The van der Waals surface area contributed by atoms with Gasteiger partial charge in [-0.05, 0) is 61.0 Å². The van der Waals surface area contributed by atoms with E-state index < -0.39 is 0 Å². The van der Waals surface area contributed by atoms with Gasteiger partial charge in [-0.15, -0.1) is 0 Å². The van der Waals surface area contributed by atoms with Crippen molar-refractivity contribution in [2.45, 2.75) is 13.0 Å². The van der Waals surface area contributed by atoms with Crippen LogP contribution in [0, 0.1) is 0 Å². The highest BCUT2D eigenvalue weighted by molar-refractivity contribution is 6.07. The summed E-state index contributed by atoms with van der Waals surface area (Å²) in [6, 6.07) is 24.9. The molecular formula is C27H23N5O2. The van der Waals surface area contributed by atoms with E-state index in [9.17, 15) is 4.79 Å². The molecule has 34 heavy (non-hydrogen) atoms. The van der Waals surface area contributed by atoms with Gasteiger partial charge < -0.3 is 10.1 Å². The fraction of sp³-hybridized carbons (Fsp3) is 0.111. The van der Waals surface area contributed by atoms with Crippen LogP contribution < -0.4 is 10.1 Å². The molecule has 0 radical (unpaired) electrons. The fourth-order valence-corrected chi connectivity index (χ4v) is 3.89. The summed E-state index contributed by atoms with van der Waals surface area (Å²) in [6.45, 7) is 1.97. The minimum Gasteiger partial charge on any atom is -0.497 e. The first-order chi connectivity index (χ1) is 16.6. The van der Waals surface area contributed by atoms with Crippen LogP contribution in [0.25, 0.3) is 27.8 Å². The van der Waals surface area contributed by atoms with Crippen molar-refractivity contribution in [3.63, 3.8) is 0 Å². The van der Waals surface area contributed by atoms with Crippen LogP contribution >= 0.6 is 0 Å². The zero-order valence-corrected chi connectivity index (χ0v) is 18.8. The first-order valence-electron chi connectivity index (χ1n) is 10.9. The summed E-state index contributed by atoms with van der Waals surface area (Å²) in [7, 11) is 1.63. The van der Waals surface area contributed by atoms with Crippen LogP contribution in [0.3, 0.4) is 0 Å². The van der Waals surface area contributed by atoms with Gasteiger partial charge in [0.1, 0.15) is 18.4 Å². The highest BCUT2D eigenvalue weighted by atomic mass is 16.5. The number of nitrogens with zero attached hydrogens (tertiary/aromatic N) is 4. The number of ether oxygens (including phenoxy) is 1. The van der Waals surface area contributed by atoms with E-state index in [2.05, 4.69) is 15.4 Å². The average Bonchev–Trinajstić information content (AvgIpc) is 3.43. The van der Waals surface area contributed by atoms with Gasteiger partial charge in [-0.1, -0.05) is 30.3 Å². The Bertz CT molecular complexity index is 1430. The van der Waals surface area contributed by atoms with Crippen LogP contribution in [-0.2, 0) is 0 Å². The summed E-state index contributed by atoms with van der Waals surface area (Å²) >= 11 is 0. The Morgan fingerprint density at radius 2 is 1.76 bits per heavy atom. The van der Waals surface area contributed by atoms with Gasteiger partial charge in [-0.3, -0.25) is 4.79 Å². The van der Waals surface area contributed by atoms with Crippen LogP contribution in [0.15, 0.2) is 91.5 Å². The number of aromatic nitrogens is 4. The first kappa shape index (κ1) is 21.3. The molecule has 0 saturated heterocycles. The quantitative estimate of drug-likeness (QED) is 0.395. The molecule has 2 heterocycles. The lowest BCUT2D eigenvalue weighted by Crippen LogP contribution is -2.27. The molecule has 5 rings (SSSR count). The number of fused-ring (bicyclic) bond motifs is 1. The van der Waals surface area contributed by atoms with Gasteiger partial charge in [0, 0.05) is 10.9 Å². The Hall–Kier alpha value is -4.52. The molecule has 168 valence electrons. The number of amides is 1. The molecule has 5 aromatic rings. The van der Waals surface area contributed by atoms with Gasteiger partial charge in [-0.25, -0.2) is 14.6 Å². The van der Waals surface area contributed by atoms with Crippen LogP contribution in [0.2, 0.25) is 0 Å². The molecule has 0 spiro atoms. The predicted octanol–water partition coefficient (Wildman–Crippen LogP) is 4.98. The molecule has 1 amide bonds. The number of rotatable bonds is 6. The van der Waals surface area contributed by atoms with Crippen molar-refractivity contribution in [3.8, 4) is 22.7 Å². The van der Waals surface area contributed by atoms with Gasteiger partial charge in [0.05, 0.1) is 35.6 Å². The standard InChI is InChI=1S/C27H23N5O2/c1-18(19-7-11-21(12-8-19)32-17-28-16-29-32)30-27(33)24-15-26(20-9-13-22(34-2)14-10-20)31-25-6-4-3-5-23(24)25/h3-18H,1-2H3,(H,30,33). The molecule has 1 unspecified atom stereocenters. The number of benzene rings is 3. The second-order valence-corrected chi connectivity index (χ2v) is 7.93. The van der Waals surface area contributed by atoms with E-state index >= 15 is 0 Å². The molecule has 0 aliphatic carbocycles.